The number of likely N-dealkylation sites (tertiary alicyclic amines) is 1. The minimum Gasteiger partial charge on any atom is -0.465 e. The van der Waals surface area contributed by atoms with Crippen molar-refractivity contribution in [3.63, 3.8) is 0 Å². The van der Waals surface area contributed by atoms with Crippen molar-refractivity contribution in [3.8, 4) is 12.3 Å². The Morgan fingerprint density at radius 1 is 1.64 bits per heavy atom. The average molecular weight is 196 g/mol. The molecular formula is C10H16N2O2. The normalized spacial score (nSPS) is 18.9. The molecule has 0 aromatic rings. The van der Waals surface area contributed by atoms with Crippen LogP contribution in [0.25, 0.3) is 0 Å². The van der Waals surface area contributed by atoms with Crippen molar-refractivity contribution in [1.29, 1.82) is 0 Å². The molecule has 4 heteroatoms. The van der Waals surface area contributed by atoms with Crippen LogP contribution in [0.1, 0.15) is 12.8 Å². The lowest BCUT2D eigenvalue weighted by Crippen LogP contribution is -2.45. The van der Waals surface area contributed by atoms with Gasteiger partial charge in [0, 0.05) is 26.2 Å². The molecule has 1 heterocycles. The summed E-state index contributed by atoms with van der Waals surface area (Å²) in [7, 11) is 1.63. The zero-order chi connectivity index (χ0) is 10.6. The molecule has 0 aromatic carbocycles. The van der Waals surface area contributed by atoms with E-state index in [0.29, 0.717) is 6.54 Å². The number of amides is 1. The van der Waals surface area contributed by atoms with Crippen molar-refractivity contribution in [2.45, 2.75) is 18.9 Å². The topological polar surface area (TPSA) is 43.8 Å². The molecule has 0 atom stereocenters. The van der Waals surface area contributed by atoms with E-state index in [2.05, 4.69) is 10.8 Å². The molecule has 0 spiro atoms. The van der Waals surface area contributed by atoms with Crippen LogP contribution in [0, 0.1) is 12.3 Å². The average Bonchev–Trinajstić information content (AvgIpc) is 2.18. The summed E-state index contributed by atoms with van der Waals surface area (Å²) in [4.78, 5) is 14.3. The van der Waals surface area contributed by atoms with Crippen LogP contribution in [0.2, 0.25) is 0 Å². The molecule has 1 saturated heterocycles. The molecule has 4 nitrogen and oxygen atoms in total. The van der Waals surface area contributed by atoms with Gasteiger partial charge in [-0.25, -0.2) is 4.79 Å². The first-order valence-electron chi connectivity index (χ1n) is 4.76. The highest BCUT2D eigenvalue weighted by atomic mass is 16.4. The van der Waals surface area contributed by atoms with Crippen LogP contribution in [-0.4, -0.2) is 53.7 Å². The molecule has 0 unspecified atom stereocenters. The lowest BCUT2D eigenvalue weighted by Gasteiger charge is -2.34. The Bertz CT molecular complexity index is 239. The molecule has 0 aromatic heterocycles. The fourth-order valence-corrected chi connectivity index (χ4v) is 1.75. The van der Waals surface area contributed by atoms with Gasteiger partial charge in [0.15, 0.2) is 0 Å². The van der Waals surface area contributed by atoms with Crippen molar-refractivity contribution in [2.24, 2.45) is 0 Å². The highest BCUT2D eigenvalue weighted by molar-refractivity contribution is 5.64. The molecule has 1 fully saturated rings. The molecule has 0 bridgehead atoms. The van der Waals surface area contributed by atoms with Gasteiger partial charge in [-0.05, 0) is 12.8 Å². The first-order chi connectivity index (χ1) is 6.65. The maximum Gasteiger partial charge on any atom is 0.407 e. The summed E-state index contributed by atoms with van der Waals surface area (Å²) in [6.07, 6.45) is 6.12. The fraction of sp³-hybridized carbons (Fsp3) is 0.700. The fourth-order valence-electron chi connectivity index (χ4n) is 1.75. The van der Waals surface area contributed by atoms with Gasteiger partial charge >= 0.3 is 6.09 Å². The Kier molecular flexibility index (Phi) is 3.78. The third-order valence-corrected chi connectivity index (χ3v) is 2.72. The lowest BCUT2D eigenvalue weighted by atomic mass is 10.0. The minimum atomic E-state index is -0.847. The van der Waals surface area contributed by atoms with E-state index < -0.39 is 6.09 Å². The number of rotatable bonds is 2. The second-order valence-corrected chi connectivity index (χ2v) is 3.60. The van der Waals surface area contributed by atoms with Gasteiger partial charge in [-0.2, -0.15) is 0 Å². The maximum atomic E-state index is 10.7. The number of hydrogen-bond acceptors (Lipinski definition) is 2. The van der Waals surface area contributed by atoms with E-state index in [0.717, 1.165) is 25.9 Å². The first kappa shape index (κ1) is 10.9. The van der Waals surface area contributed by atoms with Gasteiger partial charge in [-0.3, -0.25) is 4.90 Å². The van der Waals surface area contributed by atoms with Gasteiger partial charge in [0.25, 0.3) is 0 Å². The largest absolute Gasteiger partial charge is 0.465 e. The number of carboxylic acid groups (broad SMARTS) is 1. The molecule has 0 radical (unpaired) electrons. The van der Waals surface area contributed by atoms with E-state index in [-0.39, 0.29) is 6.04 Å². The second-order valence-electron chi connectivity index (χ2n) is 3.60. The molecule has 1 rings (SSSR count). The molecule has 78 valence electrons. The summed E-state index contributed by atoms with van der Waals surface area (Å²) < 4.78 is 0. The third-order valence-electron chi connectivity index (χ3n) is 2.72. The summed E-state index contributed by atoms with van der Waals surface area (Å²) >= 11 is 0. The van der Waals surface area contributed by atoms with Crippen molar-refractivity contribution in [2.75, 3.05) is 26.7 Å². The highest BCUT2D eigenvalue weighted by Crippen LogP contribution is 2.14. The summed E-state index contributed by atoms with van der Waals surface area (Å²) in [6.45, 7) is 2.46. The third kappa shape index (κ3) is 2.64. The van der Waals surface area contributed by atoms with Crippen molar-refractivity contribution >= 4 is 6.09 Å². The van der Waals surface area contributed by atoms with E-state index in [4.69, 9.17) is 11.5 Å². The predicted molar refractivity (Wildman–Crippen MR) is 54.1 cm³/mol. The van der Waals surface area contributed by atoms with Crippen molar-refractivity contribution in [1.82, 2.24) is 9.80 Å². The zero-order valence-corrected chi connectivity index (χ0v) is 8.44. The quantitative estimate of drug-likeness (QED) is 0.661. The summed E-state index contributed by atoms with van der Waals surface area (Å²) in [5, 5.41) is 8.78. The van der Waals surface area contributed by atoms with Gasteiger partial charge in [-0.1, -0.05) is 5.92 Å². The number of carbonyl (C=O) groups is 1. The maximum absolute atomic E-state index is 10.7. The number of nitrogens with zero attached hydrogens (tertiary/aromatic N) is 2. The molecule has 0 saturated carbocycles. The monoisotopic (exact) mass is 196 g/mol. The van der Waals surface area contributed by atoms with E-state index >= 15 is 0 Å². The van der Waals surface area contributed by atoms with Crippen LogP contribution in [-0.2, 0) is 0 Å². The number of piperidine rings is 1. The van der Waals surface area contributed by atoms with Gasteiger partial charge < -0.3 is 10.0 Å². The minimum absolute atomic E-state index is 0.154. The van der Waals surface area contributed by atoms with Crippen LogP contribution < -0.4 is 0 Å². The summed E-state index contributed by atoms with van der Waals surface area (Å²) in [6, 6.07) is 0.154. The molecule has 1 amide bonds. The Hall–Kier alpha value is -1.21. The van der Waals surface area contributed by atoms with E-state index in [1.165, 1.54) is 4.90 Å². The van der Waals surface area contributed by atoms with Gasteiger partial charge in [0.1, 0.15) is 0 Å². The molecule has 14 heavy (non-hydrogen) atoms. The van der Waals surface area contributed by atoms with Crippen LogP contribution in [0.3, 0.4) is 0 Å². The Balaban J connectivity index is 2.36. The van der Waals surface area contributed by atoms with Gasteiger partial charge in [-0.15, -0.1) is 6.42 Å². The Labute approximate surface area is 84.5 Å². The molecule has 1 N–H and O–H groups in total. The van der Waals surface area contributed by atoms with Crippen molar-refractivity contribution < 1.29 is 9.90 Å². The number of terminal acetylenes is 1. The molecule has 0 aliphatic carbocycles. The van der Waals surface area contributed by atoms with Gasteiger partial charge in [0.05, 0.1) is 6.54 Å². The molecular weight excluding hydrogens is 180 g/mol. The smallest absolute Gasteiger partial charge is 0.407 e. The Morgan fingerprint density at radius 3 is 2.64 bits per heavy atom. The van der Waals surface area contributed by atoms with Crippen LogP contribution in [0.4, 0.5) is 4.79 Å². The van der Waals surface area contributed by atoms with Crippen LogP contribution in [0.15, 0.2) is 0 Å². The summed E-state index contributed by atoms with van der Waals surface area (Å²) in [5.74, 6) is 2.60. The SMILES string of the molecule is C#CCN1CCC(N(C)C(=O)O)CC1. The zero-order valence-electron chi connectivity index (χ0n) is 8.44. The molecule has 1 aliphatic heterocycles. The predicted octanol–water partition coefficient (Wildman–Crippen LogP) is 0.694. The second kappa shape index (κ2) is 4.87. The van der Waals surface area contributed by atoms with E-state index in [1.807, 2.05) is 0 Å². The lowest BCUT2D eigenvalue weighted by molar-refractivity contribution is 0.109. The van der Waals surface area contributed by atoms with Crippen molar-refractivity contribution in [3.05, 3.63) is 0 Å². The Morgan fingerprint density at radius 2 is 2.21 bits per heavy atom. The van der Waals surface area contributed by atoms with E-state index in [1.54, 1.807) is 7.05 Å². The standard InChI is InChI=1S/C10H16N2O2/c1-3-6-12-7-4-9(5-8-12)11(2)10(13)14/h1,9H,4-8H2,2H3,(H,13,14). The molecule has 1 aliphatic rings. The first-order valence-corrected chi connectivity index (χ1v) is 4.76. The number of hydrogen-bond donors (Lipinski definition) is 1. The van der Waals surface area contributed by atoms with Gasteiger partial charge in [0.2, 0.25) is 0 Å². The van der Waals surface area contributed by atoms with E-state index in [9.17, 15) is 4.79 Å². The van der Waals surface area contributed by atoms with Crippen LogP contribution in [0.5, 0.6) is 0 Å². The summed E-state index contributed by atoms with van der Waals surface area (Å²) in [5.41, 5.74) is 0. The van der Waals surface area contributed by atoms with Crippen LogP contribution >= 0.6 is 0 Å². The highest BCUT2D eigenvalue weighted by Gasteiger charge is 2.24.